The highest BCUT2D eigenvalue weighted by molar-refractivity contribution is 9.10. The molecular formula is C9H11BrF3N3O. The minimum Gasteiger partial charge on any atom is -0.383 e. The molecule has 0 saturated carbocycles. The van der Waals surface area contributed by atoms with Gasteiger partial charge in [0.05, 0.1) is 16.8 Å². The van der Waals surface area contributed by atoms with Crippen LogP contribution in [0.15, 0.2) is 4.47 Å². The van der Waals surface area contributed by atoms with Gasteiger partial charge < -0.3 is 10.5 Å². The van der Waals surface area contributed by atoms with E-state index in [1.807, 2.05) is 0 Å². The molecule has 0 aliphatic carbocycles. The predicted molar refractivity (Wildman–Crippen MR) is 59.5 cm³/mol. The van der Waals surface area contributed by atoms with Crippen LogP contribution in [0.3, 0.4) is 0 Å². The normalized spacial score (nSPS) is 11.8. The molecule has 17 heavy (non-hydrogen) atoms. The number of nitrogens with two attached hydrogens (primary N) is 1. The van der Waals surface area contributed by atoms with E-state index in [0.717, 1.165) is 0 Å². The summed E-state index contributed by atoms with van der Waals surface area (Å²) in [7, 11) is 0. The zero-order valence-corrected chi connectivity index (χ0v) is 10.6. The summed E-state index contributed by atoms with van der Waals surface area (Å²) in [6, 6.07) is 0. The number of alkyl halides is 3. The summed E-state index contributed by atoms with van der Waals surface area (Å²) in [4.78, 5) is 7.99. The first-order chi connectivity index (χ1) is 7.79. The topological polar surface area (TPSA) is 61.0 Å². The Morgan fingerprint density at radius 3 is 2.53 bits per heavy atom. The zero-order chi connectivity index (χ0) is 13.1. The molecule has 2 N–H and O–H groups in total. The van der Waals surface area contributed by atoms with Crippen LogP contribution in [0.2, 0.25) is 0 Å². The summed E-state index contributed by atoms with van der Waals surface area (Å²) in [5.41, 5.74) is 6.22. The summed E-state index contributed by atoms with van der Waals surface area (Å²) < 4.78 is 40.4. The van der Waals surface area contributed by atoms with Gasteiger partial charge in [-0.1, -0.05) is 0 Å². The van der Waals surface area contributed by atoms with Gasteiger partial charge in [0.15, 0.2) is 0 Å². The molecule has 0 fully saturated rings. The smallest absolute Gasteiger partial charge is 0.383 e. The van der Waals surface area contributed by atoms with Crippen LogP contribution in [-0.4, -0.2) is 29.4 Å². The molecule has 0 radical (unpaired) electrons. The Labute approximate surface area is 105 Å². The molecule has 0 aliphatic heterocycles. The summed E-state index contributed by atoms with van der Waals surface area (Å²) >= 11 is 3.19. The van der Waals surface area contributed by atoms with Crippen LogP contribution in [0.5, 0.6) is 0 Å². The Morgan fingerprint density at radius 1 is 1.35 bits per heavy atom. The van der Waals surface area contributed by atoms with Crippen molar-refractivity contribution in [1.29, 1.82) is 0 Å². The molecule has 1 aromatic rings. The average molecular weight is 314 g/mol. The highest BCUT2D eigenvalue weighted by atomic mass is 79.9. The number of nitrogens with zero attached hydrogens (tertiary/aromatic N) is 2. The molecular weight excluding hydrogens is 303 g/mol. The van der Waals surface area contributed by atoms with Crippen LogP contribution < -0.4 is 5.73 Å². The Balaban J connectivity index is 2.48. The van der Waals surface area contributed by atoms with Crippen LogP contribution in [0.1, 0.15) is 11.5 Å². The Hall–Kier alpha value is -0.890. The fraction of sp³-hybridized carbons (Fsp3) is 0.556. The molecule has 1 heterocycles. The highest BCUT2D eigenvalue weighted by Crippen LogP contribution is 2.20. The maximum absolute atomic E-state index is 11.8. The third-order valence-corrected chi connectivity index (χ3v) is 2.80. The third kappa shape index (κ3) is 4.86. The van der Waals surface area contributed by atoms with Crippen molar-refractivity contribution in [2.75, 3.05) is 18.9 Å². The first kappa shape index (κ1) is 14.2. The number of halogens is 4. The van der Waals surface area contributed by atoms with Gasteiger partial charge >= 0.3 is 6.18 Å². The summed E-state index contributed by atoms with van der Waals surface area (Å²) in [6.45, 7) is 0.361. The first-order valence-corrected chi connectivity index (χ1v) is 5.52. The van der Waals surface area contributed by atoms with Gasteiger partial charge in [-0.25, -0.2) is 9.97 Å². The van der Waals surface area contributed by atoms with Gasteiger partial charge in [-0.3, -0.25) is 0 Å². The van der Waals surface area contributed by atoms with Gasteiger partial charge in [-0.05, 0) is 22.9 Å². The van der Waals surface area contributed by atoms with Crippen LogP contribution in [-0.2, 0) is 11.2 Å². The molecule has 0 unspecified atom stereocenters. The van der Waals surface area contributed by atoms with Gasteiger partial charge in [0, 0.05) is 6.42 Å². The molecule has 0 aromatic carbocycles. The molecule has 0 aliphatic rings. The van der Waals surface area contributed by atoms with Crippen molar-refractivity contribution in [2.24, 2.45) is 0 Å². The van der Waals surface area contributed by atoms with E-state index in [1.54, 1.807) is 6.92 Å². The van der Waals surface area contributed by atoms with Crippen molar-refractivity contribution in [1.82, 2.24) is 9.97 Å². The maximum atomic E-state index is 11.8. The highest BCUT2D eigenvalue weighted by Gasteiger charge is 2.27. The fourth-order valence-corrected chi connectivity index (χ4v) is 1.28. The second-order valence-corrected chi connectivity index (χ2v) is 4.14. The minimum atomic E-state index is -4.31. The predicted octanol–water partition coefficient (Wildman–Crippen LogP) is 2.25. The lowest BCUT2D eigenvalue weighted by Gasteiger charge is -2.08. The first-order valence-electron chi connectivity index (χ1n) is 4.72. The molecule has 96 valence electrons. The number of anilines is 1. The van der Waals surface area contributed by atoms with E-state index in [4.69, 9.17) is 5.73 Å². The molecule has 4 nitrogen and oxygen atoms in total. The van der Waals surface area contributed by atoms with Gasteiger partial charge in [-0.15, -0.1) is 0 Å². The molecule has 0 amide bonds. The second-order valence-electron chi connectivity index (χ2n) is 3.34. The van der Waals surface area contributed by atoms with Gasteiger partial charge in [0.25, 0.3) is 0 Å². The van der Waals surface area contributed by atoms with E-state index >= 15 is 0 Å². The Kier molecular flexibility index (Phi) is 4.70. The van der Waals surface area contributed by atoms with Crippen LogP contribution >= 0.6 is 15.9 Å². The largest absolute Gasteiger partial charge is 0.411 e. The molecule has 8 heteroatoms. The maximum Gasteiger partial charge on any atom is 0.411 e. The number of ether oxygens (including phenoxy) is 1. The molecule has 1 aromatic heterocycles. The van der Waals surface area contributed by atoms with Crippen molar-refractivity contribution in [3.05, 3.63) is 16.0 Å². The van der Waals surface area contributed by atoms with Crippen molar-refractivity contribution in [3.8, 4) is 0 Å². The van der Waals surface area contributed by atoms with E-state index in [-0.39, 0.29) is 18.8 Å². The van der Waals surface area contributed by atoms with Crippen molar-refractivity contribution < 1.29 is 17.9 Å². The standard InChI is InChI=1S/C9H11BrF3N3O/c1-5-7(10)8(14)16-6(15-5)2-3-17-4-9(11,12)13/h2-4H2,1H3,(H2,14,15,16). The minimum absolute atomic E-state index is 0.0972. The van der Waals surface area contributed by atoms with Crippen molar-refractivity contribution in [2.45, 2.75) is 19.5 Å². The van der Waals surface area contributed by atoms with Crippen LogP contribution in [0.25, 0.3) is 0 Å². The van der Waals surface area contributed by atoms with E-state index < -0.39 is 12.8 Å². The number of nitrogen functional groups attached to an aromatic ring is 1. The van der Waals surface area contributed by atoms with E-state index in [1.165, 1.54) is 0 Å². The van der Waals surface area contributed by atoms with Crippen molar-refractivity contribution in [3.63, 3.8) is 0 Å². The number of aryl methyl sites for hydroxylation is 1. The van der Waals surface area contributed by atoms with E-state index in [2.05, 4.69) is 30.6 Å². The van der Waals surface area contributed by atoms with Gasteiger partial charge in [0.1, 0.15) is 18.2 Å². The van der Waals surface area contributed by atoms with Crippen molar-refractivity contribution >= 4 is 21.7 Å². The quantitative estimate of drug-likeness (QED) is 0.866. The molecule has 0 atom stereocenters. The van der Waals surface area contributed by atoms with Crippen LogP contribution in [0.4, 0.5) is 19.0 Å². The third-order valence-electron chi connectivity index (χ3n) is 1.82. The van der Waals surface area contributed by atoms with Gasteiger partial charge in [0.2, 0.25) is 0 Å². The molecule has 0 saturated heterocycles. The van der Waals surface area contributed by atoms with Gasteiger partial charge in [-0.2, -0.15) is 13.2 Å². The molecule has 0 spiro atoms. The van der Waals surface area contributed by atoms with Crippen LogP contribution in [0, 0.1) is 6.92 Å². The summed E-state index contributed by atoms with van der Waals surface area (Å²) in [5.74, 6) is 0.633. The monoisotopic (exact) mass is 313 g/mol. The Bertz CT molecular complexity index is 375. The zero-order valence-electron chi connectivity index (χ0n) is 9.01. The average Bonchev–Trinajstić information content (AvgIpc) is 2.19. The number of rotatable bonds is 4. The molecule has 1 rings (SSSR count). The number of hydrogen-bond acceptors (Lipinski definition) is 4. The van der Waals surface area contributed by atoms with E-state index in [9.17, 15) is 13.2 Å². The molecule has 0 bridgehead atoms. The fourth-order valence-electron chi connectivity index (χ4n) is 1.10. The SMILES string of the molecule is Cc1nc(CCOCC(F)(F)F)nc(N)c1Br. The second kappa shape index (κ2) is 5.63. The Morgan fingerprint density at radius 2 is 2.00 bits per heavy atom. The summed E-state index contributed by atoms with van der Waals surface area (Å²) in [5, 5.41) is 0. The number of aromatic nitrogens is 2. The lowest BCUT2D eigenvalue weighted by Crippen LogP contribution is -2.18. The lowest BCUT2D eigenvalue weighted by molar-refractivity contribution is -0.173. The summed E-state index contributed by atoms with van der Waals surface area (Å²) in [6.07, 6.45) is -4.12. The lowest BCUT2D eigenvalue weighted by atomic mass is 10.3. The number of hydrogen-bond donors (Lipinski definition) is 1. The van der Waals surface area contributed by atoms with E-state index in [0.29, 0.717) is 16.0 Å².